The van der Waals surface area contributed by atoms with Gasteiger partial charge in [-0.2, -0.15) is 5.10 Å². The molecule has 0 spiro atoms. The van der Waals surface area contributed by atoms with Crippen molar-refractivity contribution >= 4 is 29.3 Å². The van der Waals surface area contributed by atoms with E-state index in [1.165, 1.54) is 16.4 Å². The van der Waals surface area contributed by atoms with Crippen molar-refractivity contribution < 1.29 is 9.59 Å². The lowest BCUT2D eigenvalue weighted by atomic mass is 9.93. The molecule has 1 aromatic heterocycles. The van der Waals surface area contributed by atoms with Crippen LogP contribution in [0, 0.1) is 5.92 Å². The second kappa shape index (κ2) is 10.4. The minimum absolute atomic E-state index is 0.0927. The Morgan fingerprint density at radius 3 is 2.59 bits per heavy atom. The molecule has 0 aliphatic carbocycles. The van der Waals surface area contributed by atoms with Crippen LogP contribution in [0.2, 0.25) is 0 Å². The average Bonchev–Trinajstić information content (AvgIpc) is 3.27. The number of hydrazine groups is 1. The summed E-state index contributed by atoms with van der Waals surface area (Å²) in [4.78, 5) is 25.3. The summed E-state index contributed by atoms with van der Waals surface area (Å²) < 4.78 is 1.53. The van der Waals surface area contributed by atoms with E-state index < -0.39 is 0 Å². The maximum atomic E-state index is 12.1. The minimum atomic E-state index is -0.107. The molecule has 2 unspecified atom stereocenters. The summed E-state index contributed by atoms with van der Waals surface area (Å²) in [7, 11) is 0. The van der Waals surface area contributed by atoms with Gasteiger partial charge in [-0.05, 0) is 38.3 Å². The molecule has 1 aliphatic rings. The number of nitrogens with zero attached hydrogens (tertiary/aromatic N) is 2. The quantitative estimate of drug-likeness (QED) is 0.464. The highest BCUT2D eigenvalue weighted by Gasteiger charge is 2.29. The third-order valence-electron chi connectivity index (χ3n) is 4.96. The van der Waals surface area contributed by atoms with Crippen LogP contribution in [0.1, 0.15) is 20.3 Å². The van der Waals surface area contributed by atoms with Crippen LogP contribution < -0.4 is 21.5 Å². The van der Waals surface area contributed by atoms with Gasteiger partial charge in [-0.15, -0.1) is 11.8 Å². The lowest BCUT2D eigenvalue weighted by Gasteiger charge is -2.17. The Kier molecular flexibility index (Phi) is 7.68. The van der Waals surface area contributed by atoms with Crippen LogP contribution in [0.25, 0.3) is 0 Å². The highest BCUT2D eigenvalue weighted by molar-refractivity contribution is 8.00. The first kappa shape index (κ1) is 21.4. The number of nitrogens with one attached hydrogen (secondary N) is 4. The Labute approximate surface area is 175 Å². The van der Waals surface area contributed by atoms with Gasteiger partial charge in [0.25, 0.3) is 0 Å². The van der Waals surface area contributed by atoms with Crippen molar-refractivity contribution in [2.24, 2.45) is 5.92 Å². The standard InChI is InChI=1S/C20H28N6O2S/c1-14-18(15(2)25-24-14)8-9-21-19(27)12-26-11-16(10-22-26)23-20(28)13-29-17-6-4-3-5-7-17/h3-7,10-11,14-15,18,24-25H,8-9,12-13H2,1-2H3,(H,21,27)(H,23,28). The SMILES string of the molecule is CC1NNC(C)C1CCNC(=O)Cn1cc(NC(=O)CSc2ccccc2)cn1. The van der Waals surface area contributed by atoms with Crippen molar-refractivity contribution in [2.75, 3.05) is 17.6 Å². The van der Waals surface area contributed by atoms with Crippen LogP contribution in [-0.2, 0) is 16.1 Å². The van der Waals surface area contributed by atoms with Gasteiger partial charge in [-0.3, -0.25) is 25.1 Å². The summed E-state index contributed by atoms with van der Waals surface area (Å²) in [5, 5.41) is 9.90. The molecule has 4 N–H and O–H groups in total. The number of carbonyl (C=O) groups is 2. The molecule has 2 aromatic rings. The predicted octanol–water partition coefficient (Wildman–Crippen LogP) is 1.62. The van der Waals surface area contributed by atoms with Gasteiger partial charge in [0.15, 0.2) is 0 Å². The molecule has 2 amide bonds. The molecule has 29 heavy (non-hydrogen) atoms. The molecule has 1 aliphatic heterocycles. The summed E-state index contributed by atoms with van der Waals surface area (Å²) in [6, 6.07) is 10.5. The molecule has 0 saturated carbocycles. The van der Waals surface area contributed by atoms with Crippen LogP contribution in [0.15, 0.2) is 47.6 Å². The first-order valence-electron chi connectivity index (χ1n) is 9.79. The molecule has 0 radical (unpaired) electrons. The van der Waals surface area contributed by atoms with E-state index in [0.29, 0.717) is 36.0 Å². The largest absolute Gasteiger partial charge is 0.354 e. The molecule has 3 rings (SSSR count). The fraction of sp³-hybridized carbons (Fsp3) is 0.450. The zero-order valence-electron chi connectivity index (χ0n) is 16.7. The first-order chi connectivity index (χ1) is 14.0. The molecule has 2 atom stereocenters. The van der Waals surface area contributed by atoms with E-state index in [0.717, 1.165) is 11.3 Å². The smallest absolute Gasteiger partial charge is 0.241 e. The number of hydrogen-bond acceptors (Lipinski definition) is 6. The number of thioether (sulfide) groups is 1. The first-order valence-corrected chi connectivity index (χ1v) is 10.8. The maximum absolute atomic E-state index is 12.1. The van der Waals surface area contributed by atoms with E-state index in [4.69, 9.17) is 0 Å². The zero-order chi connectivity index (χ0) is 20.6. The normalized spacial score (nSPS) is 21.1. The summed E-state index contributed by atoms with van der Waals surface area (Å²) in [5.41, 5.74) is 7.03. The van der Waals surface area contributed by atoms with Crippen LogP contribution in [-0.4, -0.2) is 46.0 Å². The highest BCUT2D eigenvalue weighted by Crippen LogP contribution is 2.18. The van der Waals surface area contributed by atoms with Crippen molar-refractivity contribution in [2.45, 2.75) is 43.8 Å². The number of amides is 2. The number of hydrogen-bond donors (Lipinski definition) is 4. The molecule has 1 saturated heterocycles. The van der Waals surface area contributed by atoms with Crippen LogP contribution in [0.5, 0.6) is 0 Å². The summed E-state index contributed by atoms with van der Waals surface area (Å²) >= 11 is 1.47. The van der Waals surface area contributed by atoms with Gasteiger partial charge in [-0.1, -0.05) is 18.2 Å². The summed E-state index contributed by atoms with van der Waals surface area (Å²) in [5.74, 6) is 0.600. The van der Waals surface area contributed by atoms with Gasteiger partial charge >= 0.3 is 0 Å². The third-order valence-corrected chi connectivity index (χ3v) is 5.97. The van der Waals surface area contributed by atoms with E-state index in [2.05, 4.69) is 40.4 Å². The monoisotopic (exact) mass is 416 g/mol. The van der Waals surface area contributed by atoms with Crippen molar-refractivity contribution in [3.63, 3.8) is 0 Å². The Morgan fingerprint density at radius 1 is 1.14 bits per heavy atom. The molecule has 9 heteroatoms. The number of rotatable bonds is 9. The second-order valence-corrected chi connectivity index (χ2v) is 8.29. The zero-order valence-corrected chi connectivity index (χ0v) is 17.5. The van der Waals surface area contributed by atoms with Crippen molar-refractivity contribution in [3.05, 3.63) is 42.7 Å². The molecule has 8 nitrogen and oxygen atoms in total. The summed E-state index contributed by atoms with van der Waals surface area (Å²) in [6.07, 6.45) is 4.13. The molecule has 1 aromatic carbocycles. The van der Waals surface area contributed by atoms with E-state index in [-0.39, 0.29) is 18.4 Å². The fourth-order valence-electron chi connectivity index (χ4n) is 3.37. The Hall–Kier alpha value is -2.36. The number of aromatic nitrogens is 2. The van der Waals surface area contributed by atoms with E-state index >= 15 is 0 Å². The van der Waals surface area contributed by atoms with E-state index in [9.17, 15) is 9.59 Å². The van der Waals surface area contributed by atoms with Gasteiger partial charge in [0.05, 0.1) is 17.6 Å². The van der Waals surface area contributed by atoms with E-state index in [1.807, 2.05) is 30.3 Å². The van der Waals surface area contributed by atoms with Gasteiger partial charge < -0.3 is 10.6 Å². The highest BCUT2D eigenvalue weighted by atomic mass is 32.2. The van der Waals surface area contributed by atoms with Crippen molar-refractivity contribution in [1.29, 1.82) is 0 Å². The number of benzene rings is 1. The molecule has 1 fully saturated rings. The van der Waals surface area contributed by atoms with Gasteiger partial charge in [0, 0.05) is 29.7 Å². The maximum Gasteiger partial charge on any atom is 0.241 e. The van der Waals surface area contributed by atoms with Gasteiger partial charge in [0.1, 0.15) is 6.54 Å². The van der Waals surface area contributed by atoms with Gasteiger partial charge in [0.2, 0.25) is 11.8 Å². The molecular formula is C20H28N6O2S. The Bertz CT molecular complexity index is 802. The van der Waals surface area contributed by atoms with Crippen LogP contribution >= 0.6 is 11.8 Å². The van der Waals surface area contributed by atoms with Gasteiger partial charge in [-0.25, -0.2) is 0 Å². The van der Waals surface area contributed by atoms with Crippen molar-refractivity contribution in [1.82, 2.24) is 25.9 Å². The number of carbonyl (C=O) groups excluding carboxylic acids is 2. The second-order valence-electron chi connectivity index (χ2n) is 7.25. The topological polar surface area (TPSA) is 100 Å². The Morgan fingerprint density at radius 2 is 1.86 bits per heavy atom. The lowest BCUT2D eigenvalue weighted by molar-refractivity contribution is -0.121. The fourth-order valence-corrected chi connectivity index (χ4v) is 4.09. The average molecular weight is 417 g/mol. The van der Waals surface area contributed by atoms with Crippen molar-refractivity contribution in [3.8, 4) is 0 Å². The van der Waals surface area contributed by atoms with Crippen LogP contribution in [0.4, 0.5) is 5.69 Å². The molecule has 0 bridgehead atoms. The predicted molar refractivity (Wildman–Crippen MR) is 114 cm³/mol. The minimum Gasteiger partial charge on any atom is -0.354 e. The van der Waals surface area contributed by atoms with Crippen LogP contribution in [0.3, 0.4) is 0 Å². The Balaban J connectivity index is 1.36. The molecule has 156 valence electrons. The third kappa shape index (κ3) is 6.59. The molecule has 2 heterocycles. The summed E-state index contributed by atoms with van der Waals surface area (Å²) in [6.45, 7) is 5.03. The molecular weight excluding hydrogens is 388 g/mol. The van der Waals surface area contributed by atoms with E-state index in [1.54, 1.807) is 12.4 Å². The lowest BCUT2D eigenvalue weighted by Crippen LogP contribution is -2.32. The number of anilines is 1.